The van der Waals surface area contributed by atoms with E-state index in [4.69, 9.17) is 4.74 Å². The predicted molar refractivity (Wildman–Crippen MR) is 192 cm³/mol. The lowest BCUT2D eigenvalue weighted by Crippen LogP contribution is -1.89. The Morgan fingerprint density at radius 3 is 1.26 bits per heavy atom. The van der Waals surface area contributed by atoms with Gasteiger partial charge in [0.1, 0.15) is 0 Å². The summed E-state index contributed by atoms with van der Waals surface area (Å²) in [5.41, 5.74) is 10.7. The van der Waals surface area contributed by atoms with Crippen molar-refractivity contribution in [2.75, 3.05) is 13.7 Å². The van der Waals surface area contributed by atoms with E-state index in [2.05, 4.69) is 160 Å². The highest BCUT2D eigenvalue weighted by atomic mass is 16.5. The van der Waals surface area contributed by atoms with Gasteiger partial charge in [0, 0.05) is 7.11 Å². The first-order valence-corrected chi connectivity index (χ1v) is 15.5. The zero-order chi connectivity index (χ0) is 31.6. The van der Waals surface area contributed by atoms with E-state index in [9.17, 15) is 0 Å². The Balaban J connectivity index is 4.59. The summed E-state index contributed by atoms with van der Waals surface area (Å²) in [6, 6.07) is 0. The highest BCUT2D eigenvalue weighted by Gasteiger charge is 1.93. The minimum atomic E-state index is 0.728. The first-order chi connectivity index (χ1) is 20.0. The molecule has 0 saturated carbocycles. The average molecular weight is 569 g/mol. The Kier molecular flexibility index (Phi) is 23.6. The van der Waals surface area contributed by atoms with Gasteiger partial charge in [-0.25, -0.2) is 0 Å². The number of allylic oxidation sites excluding steroid dienone is 23. The summed E-state index contributed by atoms with van der Waals surface area (Å²) in [4.78, 5) is 0. The lowest BCUT2D eigenvalue weighted by Gasteiger charge is -2.02. The molecule has 1 nitrogen and oxygen atoms in total. The maximum Gasteiger partial charge on any atom is 0.0670 e. The third-order valence-corrected chi connectivity index (χ3v) is 6.55. The molecule has 0 bridgehead atoms. The van der Waals surface area contributed by atoms with E-state index in [-0.39, 0.29) is 0 Å². The van der Waals surface area contributed by atoms with E-state index in [1.54, 1.807) is 7.11 Å². The van der Waals surface area contributed by atoms with Crippen LogP contribution < -0.4 is 0 Å². The van der Waals surface area contributed by atoms with Gasteiger partial charge in [-0.1, -0.05) is 142 Å². The summed E-state index contributed by atoms with van der Waals surface area (Å²) in [5, 5.41) is 0. The van der Waals surface area contributed by atoms with Gasteiger partial charge < -0.3 is 4.74 Å². The first kappa shape index (κ1) is 38.8. The minimum absolute atomic E-state index is 0.728. The van der Waals surface area contributed by atoms with Gasteiger partial charge >= 0.3 is 0 Å². The second kappa shape index (κ2) is 25.5. The number of hydrogen-bond acceptors (Lipinski definition) is 1. The second-order valence-corrected chi connectivity index (χ2v) is 11.7. The zero-order valence-electron chi connectivity index (χ0n) is 28.6. The number of rotatable bonds is 19. The lowest BCUT2D eigenvalue weighted by molar-refractivity contribution is 0.225. The number of ether oxygens (including phenoxy) is 1. The molecule has 0 unspecified atom stereocenters. The van der Waals surface area contributed by atoms with E-state index in [1.807, 2.05) is 0 Å². The van der Waals surface area contributed by atoms with Crippen LogP contribution in [-0.2, 0) is 4.74 Å². The van der Waals surface area contributed by atoms with Crippen LogP contribution in [-0.4, -0.2) is 13.7 Å². The molecular formula is C41H60O. The van der Waals surface area contributed by atoms with Crippen LogP contribution in [0, 0.1) is 0 Å². The molecule has 0 aliphatic rings. The molecule has 0 aromatic heterocycles. The molecule has 0 aromatic carbocycles. The predicted octanol–water partition coefficient (Wildman–Crippen LogP) is 12.8. The standard InChI is InChI=1S/C41H60O/c1-34(2)19-13-22-37(5)25-16-28-38(6)26-14-23-35(3)20-11-12-21-36(4)24-15-27-39(7)29-17-30-40(8)31-18-32-41(9)33-42-10/h11-12,14-16,19-21,23-28,30,32H,13,17-18,22,29,31,33H2,1-10H3/b12-11+,23-14+,24-15+,28-16+,35-20+,36-21+,37-25+,38-26+,39-27+,40-30+,41-32+. The molecule has 0 amide bonds. The summed E-state index contributed by atoms with van der Waals surface area (Å²) in [6.07, 6.45) is 41.6. The Morgan fingerprint density at radius 1 is 0.429 bits per heavy atom. The Morgan fingerprint density at radius 2 is 0.810 bits per heavy atom. The SMILES string of the molecule is COC/C(C)=C/CC/C(C)=C/CC/C(C)=C/C=C/C(C)=C/C=C/C=C(C)/C=C/C=C(C)/C=C/C=C(\C)CCC=C(C)C. The zero-order valence-corrected chi connectivity index (χ0v) is 28.6. The molecule has 0 spiro atoms. The van der Waals surface area contributed by atoms with Gasteiger partial charge in [-0.3, -0.25) is 0 Å². The molecule has 0 atom stereocenters. The van der Waals surface area contributed by atoms with Crippen LogP contribution in [0.1, 0.15) is 101 Å². The van der Waals surface area contributed by atoms with Gasteiger partial charge in [0.15, 0.2) is 0 Å². The van der Waals surface area contributed by atoms with Crippen molar-refractivity contribution in [1.29, 1.82) is 0 Å². The van der Waals surface area contributed by atoms with Crippen LogP contribution >= 0.6 is 0 Å². The summed E-state index contributed by atoms with van der Waals surface area (Å²) < 4.78 is 5.16. The van der Waals surface area contributed by atoms with Crippen molar-refractivity contribution in [2.24, 2.45) is 0 Å². The third-order valence-electron chi connectivity index (χ3n) is 6.55. The molecule has 0 radical (unpaired) electrons. The summed E-state index contributed by atoms with van der Waals surface area (Å²) in [6.45, 7) is 20.2. The average Bonchev–Trinajstić information content (AvgIpc) is 2.91. The van der Waals surface area contributed by atoms with E-state index in [0.717, 1.165) is 45.1 Å². The molecular weight excluding hydrogens is 508 g/mol. The smallest absolute Gasteiger partial charge is 0.0670 e. The van der Waals surface area contributed by atoms with Crippen molar-refractivity contribution >= 4 is 0 Å². The molecule has 230 valence electrons. The molecule has 0 aromatic rings. The maximum absolute atomic E-state index is 5.16. The molecule has 0 rings (SSSR count). The van der Waals surface area contributed by atoms with Crippen LogP contribution in [0.25, 0.3) is 0 Å². The molecule has 0 N–H and O–H groups in total. The van der Waals surface area contributed by atoms with Crippen molar-refractivity contribution < 1.29 is 4.74 Å². The van der Waals surface area contributed by atoms with Gasteiger partial charge in [-0.2, -0.15) is 0 Å². The van der Waals surface area contributed by atoms with Crippen molar-refractivity contribution in [3.8, 4) is 0 Å². The fraction of sp³-hybridized carbons (Fsp3) is 0.415. The molecule has 0 heterocycles. The molecule has 42 heavy (non-hydrogen) atoms. The molecule has 0 fully saturated rings. The minimum Gasteiger partial charge on any atom is -0.380 e. The van der Waals surface area contributed by atoms with Crippen LogP contribution in [0.15, 0.2) is 142 Å². The molecule has 0 aliphatic heterocycles. The number of methoxy groups -OCH3 is 1. The fourth-order valence-electron chi connectivity index (χ4n) is 3.90. The van der Waals surface area contributed by atoms with Crippen LogP contribution in [0.3, 0.4) is 0 Å². The molecule has 1 heteroatoms. The maximum atomic E-state index is 5.16. The molecule has 0 saturated heterocycles. The van der Waals surface area contributed by atoms with Crippen molar-refractivity contribution in [3.05, 3.63) is 142 Å². The van der Waals surface area contributed by atoms with Crippen molar-refractivity contribution in [1.82, 2.24) is 0 Å². The summed E-state index contributed by atoms with van der Waals surface area (Å²) in [7, 11) is 1.75. The van der Waals surface area contributed by atoms with Gasteiger partial charge in [0.05, 0.1) is 6.61 Å². The van der Waals surface area contributed by atoms with E-state index in [1.165, 1.54) is 44.6 Å². The highest BCUT2D eigenvalue weighted by Crippen LogP contribution is 2.12. The van der Waals surface area contributed by atoms with Gasteiger partial charge in [-0.15, -0.1) is 0 Å². The van der Waals surface area contributed by atoms with Gasteiger partial charge in [-0.05, 0) is 101 Å². The Labute approximate surface area is 260 Å². The summed E-state index contributed by atoms with van der Waals surface area (Å²) in [5.74, 6) is 0. The van der Waals surface area contributed by atoms with E-state index in [0.29, 0.717) is 0 Å². The first-order valence-electron chi connectivity index (χ1n) is 15.5. The Bertz CT molecular complexity index is 1140. The summed E-state index contributed by atoms with van der Waals surface area (Å²) >= 11 is 0. The Hall–Kier alpha value is -3.16. The third kappa shape index (κ3) is 25.8. The highest BCUT2D eigenvalue weighted by molar-refractivity contribution is 5.31. The quantitative estimate of drug-likeness (QED) is 0.111. The van der Waals surface area contributed by atoms with Gasteiger partial charge in [0.2, 0.25) is 0 Å². The van der Waals surface area contributed by atoms with Crippen LogP contribution in [0.5, 0.6) is 0 Å². The van der Waals surface area contributed by atoms with Crippen molar-refractivity contribution in [3.63, 3.8) is 0 Å². The lowest BCUT2D eigenvalue weighted by atomic mass is 10.1. The number of hydrogen-bond donors (Lipinski definition) is 0. The van der Waals surface area contributed by atoms with Crippen LogP contribution in [0.2, 0.25) is 0 Å². The fourth-order valence-corrected chi connectivity index (χ4v) is 3.90. The van der Waals surface area contributed by atoms with Gasteiger partial charge in [0.25, 0.3) is 0 Å². The largest absolute Gasteiger partial charge is 0.380 e. The van der Waals surface area contributed by atoms with E-state index >= 15 is 0 Å². The van der Waals surface area contributed by atoms with Crippen molar-refractivity contribution in [2.45, 2.75) is 101 Å². The topological polar surface area (TPSA) is 9.23 Å². The second-order valence-electron chi connectivity index (χ2n) is 11.7. The molecule has 0 aliphatic carbocycles. The van der Waals surface area contributed by atoms with E-state index < -0.39 is 0 Å². The monoisotopic (exact) mass is 568 g/mol. The normalized spacial score (nSPS) is 15.3. The van der Waals surface area contributed by atoms with Crippen LogP contribution in [0.4, 0.5) is 0 Å².